The summed E-state index contributed by atoms with van der Waals surface area (Å²) < 4.78 is 0. The number of hydrogen-bond donors (Lipinski definition) is 0. The number of thioether (sulfide) groups is 1. The Balaban J connectivity index is 1.60. The van der Waals surface area contributed by atoms with Crippen molar-refractivity contribution in [2.75, 3.05) is 11.1 Å². The van der Waals surface area contributed by atoms with E-state index in [0.29, 0.717) is 0 Å². The number of alkyl halides is 1. The normalized spacial score (nSPS) is 11.2. The van der Waals surface area contributed by atoms with E-state index >= 15 is 0 Å². The zero-order valence-corrected chi connectivity index (χ0v) is 19.0. The molecule has 0 aliphatic carbocycles. The minimum atomic E-state index is 0.0437. The van der Waals surface area contributed by atoms with E-state index in [1.165, 1.54) is 62.0 Å². The van der Waals surface area contributed by atoms with Crippen molar-refractivity contribution in [3.8, 4) is 0 Å². The first-order chi connectivity index (χ1) is 13.8. The second kappa shape index (κ2) is 14.6. The SMILES string of the molecule is O=C(/C=C/c1ccc(SCCCCCCCCCCBr)cc1)c1ccccc1. The standard InChI is InChI=1S/C25H31BrOS/c26-20-10-5-3-1-2-4-6-11-21-28-24-17-14-22(15-18-24)16-19-25(27)23-12-8-7-9-13-23/h7-9,12-19H,1-6,10-11,20-21H2/b19-16+. The molecule has 0 amide bonds. The summed E-state index contributed by atoms with van der Waals surface area (Å²) in [5.41, 5.74) is 1.79. The Labute approximate surface area is 183 Å². The van der Waals surface area contributed by atoms with Gasteiger partial charge in [0.25, 0.3) is 0 Å². The molecule has 0 bridgehead atoms. The predicted molar refractivity (Wildman–Crippen MR) is 128 cm³/mol. The predicted octanol–water partition coefficient (Wildman–Crippen LogP) is 8.19. The van der Waals surface area contributed by atoms with Gasteiger partial charge < -0.3 is 0 Å². The maximum atomic E-state index is 12.1. The van der Waals surface area contributed by atoms with Gasteiger partial charge >= 0.3 is 0 Å². The molecule has 0 N–H and O–H groups in total. The molecule has 1 nitrogen and oxygen atoms in total. The number of carbonyl (C=O) groups is 1. The summed E-state index contributed by atoms with van der Waals surface area (Å²) in [5, 5.41) is 1.15. The zero-order valence-electron chi connectivity index (χ0n) is 16.6. The number of benzene rings is 2. The minimum Gasteiger partial charge on any atom is -0.289 e. The Morgan fingerprint density at radius 2 is 1.39 bits per heavy atom. The van der Waals surface area contributed by atoms with Crippen LogP contribution in [0.1, 0.15) is 67.3 Å². The van der Waals surface area contributed by atoms with Gasteiger partial charge in [0, 0.05) is 15.8 Å². The van der Waals surface area contributed by atoms with E-state index in [0.717, 1.165) is 16.5 Å². The van der Waals surface area contributed by atoms with Crippen molar-refractivity contribution in [1.82, 2.24) is 0 Å². The number of allylic oxidation sites excluding steroid dienone is 1. The van der Waals surface area contributed by atoms with Gasteiger partial charge in [0.2, 0.25) is 0 Å². The third-order valence-corrected chi connectivity index (χ3v) is 6.32. The van der Waals surface area contributed by atoms with Crippen LogP contribution in [0.25, 0.3) is 6.08 Å². The molecule has 0 aromatic heterocycles. The molecule has 0 saturated carbocycles. The first-order valence-corrected chi connectivity index (χ1v) is 12.5. The molecular weight excluding hydrogens is 428 g/mol. The highest BCUT2D eigenvalue weighted by Gasteiger charge is 2.00. The van der Waals surface area contributed by atoms with Crippen molar-refractivity contribution < 1.29 is 4.79 Å². The monoisotopic (exact) mass is 458 g/mol. The highest BCUT2D eigenvalue weighted by Crippen LogP contribution is 2.21. The van der Waals surface area contributed by atoms with Gasteiger partial charge in [0.1, 0.15) is 0 Å². The van der Waals surface area contributed by atoms with Gasteiger partial charge in [-0.15, -0.1) is 11.8 Å². The molecule has 150 valence electrons. The van der Waals surface area contributed by atoms with Gasteiger partial charge in [-0.25, -0.2) is 0 Å². The second-order valence-electron chi connectivity index (χ2n) is 7.00. The third kappa shape index (κ3) is 9.75. The van der Waals surface area contributed by atoms with E-state index in [9.17, 15) is 4.79 Å². The van der Waals surface area contributed by atoms with Gasteiger partial charge in [0.05, 0.1) is 0 Å². The van der Waals surface area contributed by atoms with E-state index in [4.69, 9.17) is 0 Å². The second-order valence-corrected chi connectivity index (χ2v) is 8.96. The van der Waals surface area contributed by atoms with Crippen LogP contribution in [-0.2, 0) is 0 Å². The summed E-state index contributed by atoms with van der Waals surface area (Å²) in [5.74, 6) is 1.23. The van der Waals surface area contributed by atoms with Gasteiger partial charge in [-0.3, -0.25) is 4.79 Å². The third-order valence-electron chi connectivity index (χ3n) is 4.66. The summed E-state index contributed by atoms with van der Waals surface area (Å²) in [6, 6.07) is 17.9. The topological polar surface area (TPSA) is 17.1 Å². The Bertz CT molecular complexity index is 694. The van der Waals surface area contributed by atoms with Gasteiger partial charge in [0.15, 0.2) is 5.78 Å². The molecule has 2 aromatic carbocycles. The van der Waals surface area contributed by atoms with E-state index in [2.05, 4.69) is 40.2 Å². The van der Waals surface area contributed by atoms with Crippen LogP contribution in [-0.4, -0.2) is 16.9 Å². The van der Waals surface area contributed by atoms with Crippen LogP contribution >= 0.6 is 27.7 Å². The van der Waals surface area contributed by atoms with Crippen molar-refractivity contribution in [2.24, 2.45) is 0 Å². The maximum absolute atomic E-state index is 12.1. The lowest BCUT2D eigenvalue weighted by Crippen LogP contribution is -1.92. The first kappa shape index (κ1) is 23.0. The van der Waals surface area contributed by atoms with E-state index in [1.54, 1.807) is 6.08 Å². The molecule has 0 atom stereocenters. The molecule has 2 aromatic rings. The van der Waals surface area contributed by atoms with Crippen LogP contribution in [0, 0.1) is 0 Å². The molecule has 0 radical (unpaired) electrons. The van der Waals surface area contributed by atoms with Crippen LogP contribution in [0.5, 0.6) is 0 Å². The minimum absolute atomic E-state index is 0.0437. The lowest BCUT2D eigenvalue weighted by molar-refractivity contribution is 0.104. The molecular formula is C25H31BrOS. The summed E-state index contributed by atoms with van der Waals surface area (Å²) in [6.45, 7) is 0. The molecule has 0 aliphatic heterocycles. The molecule has 28 heavy (non-hydrogen) atoms. The summed E-state index contributed by atoms with van der Waals surface area (Å²) in [7, 11) is 0. The Morgan fingerprint density at radius 1 is 0.786 bits per heavy atom. The number of ketones is 1. The lowest BCUT2D eigenvalue weighted by atomic mass is 10.1. The van der Waals surface area contributed by atoms with Crippen LogP contribution in [0.4, 0.5) is 0 Å². The summed E-state index contributed by atoms with van der Waals surface area (Å²) in [4.78, 5) is 13.4. The van der Waals surface area contributed by atoms with Crippen LogP contribution in [0.15, 0.2) is 65.6 Å². The molecule has 0 spiro atoms. The molecule has 0 unspecified atom stereocenters. The quantitative estimate of drug-likeness (QED) is 0.0931. The van der Waals surface area contributed by atoms with Gasteiger partial charge in [-0.05, 0) is 42.4 Å². The highest BCUT2D eigenvalue weighted by molar-refractivity contribution is 9.09. The van der Waals surface area contributed by atoms with Crippen LogP contribution in [0.3, 0.4) is 0 Å². The number of rotatable bonds is 14. The average Bonchev–Trinajstić information content (AvgIpc) is 2.75. The van der Waals surface area contributed by atoms with E-state index < -0.39 is 0 Å². The van der Waals surface area contributed by atoms with Gasteiger partial charge in [-0.1, -0.05) is 103 Å². The molecule has 0 saturated heterocycles. The molecule has 2 rings (SSSR count). The number of hydrogen-bond acceptors (Lipinski definition) is 2. The Morgan fingerprint density at radius 3 is 2.04 bits per heavy atom. The smallest absolute Gasteiger partial charge is 0.185 e. The molecule has 0 fully saturated rings. The van der Waals surface area contributed by atoms with Gasteiger partial charge in [-0.2, -0.15) is 0 Å². The number of carbonyl (C=O) groups excluding carboxylic acids is 1. The van der Waals surface area contributed by atoms with E-state index in [1.807, 2.05) is 48.2 Å². The van der Waals surface area contributed by atoms with E-state index in [-0.39, 0.29) is 5.78 Å². The van der Waals surface area contributed by atoms with Crippen molar-refractivity contribution in [3.05, 3.63) is 71.8 Å². The lowest BCUT2D eigenvalue weighted by Gasteiger charge is -2.03. The average molecular weight is 459 g/mol. The summed E-state index contributed by atoms with van der Waals surface area (Å²) >= 11 is 5.42. The fraction of sp³-hybridized carbons (Fsp3) is 0.400. The molecule has 0 heterocycles. The van der Waals surface area contributed by atoms with Crippen molar-refractivity contribution in [2.45, 2.75) is 56.3 Å². The maximum Gasteiger partial charge on any atom is 0.185 e. The largest absolute Gasteiger partial charge is 0.289 e. The Hall–Kier alpha value is -1.32. The molecule has 0 aliphatic rings. The molecule has 3 heteroatoms. The van der Waals surface area contributed by atoms with Crippen LogP contribution < -0.4 is 0 Å². The Kier molecular flexibility index (Phi) is 12.0. The van der Waals surface area contributed by atoms with Crippen molar-refractivity contribution in [3.63, 3.8) is 0 Å². The fourth-order valence-corrected chi connectivity index (χ4v) is 4.30. The van der Waals surface area contributed by atoms with Crippen LogP contribution in [0.2, 0.25) is 0 Å². The van der Waals surface area contributed by atoms with Crippen molar-refractivity contribution >= 4 is 39.6 Å². The first-order valence-electron chi connectivity index (χ1n) is 10.4. The fourth-order valence-electron chi connectivity index (χ4n) is 2.99. The number of unbranched alkanes of at least 4 members (excludes halogenated alkanes) is 7. The highest BCUT2D eigenvalue weighted by atomic mass is 79.9. The number of halogens is 1. The van der Waals surface area contributed by atoms with Crippen molar-refractivity contribution in [1.29, 1.82) is 0 Å². The summed E-state index contributed by atoms with van der Waals surface area (Å²) in [6.07, 6.45) is 14.4. The zero-order chi connectivity index (χ0) is 19.9.